The largest absolute Gasteiger partial charge is 0.388 e. The SMILES string of the molecule is Cc1ccc2c(c1)nc(CO)n2Cc1c(C)noc1C. The molecule has 0 atom stereocenters. The van der Waals surface area contributed by atoms with Crippen LogP contribution in [0.15, 0.2) is 22.7 Å². The molecule has 0 saturated carbocycles. The molecule has 104 valence electrons. The van der Waals surface area contributed by atoms with E-state index >= 15 is 0 Å². The summed E-state index contributed by atoms with van der Waals surface area (Å²) < 4.78 is 7.22. The first-order chi connectivity index (χ1) is 9.60. The first-order valence-electron chi connectivity index (χ1n) is 6.58. The molecule has 2 aromatic heterocycles. The molecule has 0 spiro atoms. The van der Waals surface area contributed by atoms with Gasteiger partial charge in [0.05, 0.1) is 23.3 Å². The monoisotopic (exact) mass is 271 g/mol. The molecule has 1 aromatic carbocycles. The molecule has 2 heterocycles. The second-order valence-corrected chi connectivity index (χ2v) is 5.07. The summed E-state index contributed by atoms with van der Waals surface area (Å²) in [7, 11) is 0. The summed E-state index contributed by atoms with van der Waals surface area (Å²) in [6.45, 7) is 6.38. The zero-order valence-corrected chi connectivity index (χ0v) is 11.8. The third-order valence-electron chi connectivity index (χ3n) is 3.62. The van der Waals surface area contributed by atoms with Crippen LogP contribution in [0.3, 0.4) is 0 Å². The van der Waals surface area contributed by atoms with Crippen molar-refractivity contribution >= 4 is 11.0 Å². The number of aliphatic hydroxyl groups excluding tert-OH is 1. The molecule has 0 unspecified atom stereocenters. The summed E-state index contributed by atoms with van der Waals surface area (Å²) in [6, 6.07) is 6.11. The van der Waals surface area contributed by atoms with E-state index in [1.165, 1.54) is 0 Å². The Hall–Kier alpha value is -2.14. The smallest absolute Gasteiger partial charge is 0.138 e. The average molecular weight is 271 g/mol. The first-order valence-corrected chi connectivity index (χ1v) is 6.58. The first kappa shape index (κ1) is 12.9. The van der Waals surface area contributed by atoms with E-state index < -0.39 is 0 Å². The summed E-state index contributed by atoms with van der Waals surface area (Å²) in [5, 5.41) is 13.5. The summed E-state index contributed by atoms with van der Waals surface area (Å²) >= 11 is 0. The lowest BCUT2D eigenvalue weighted by molar-refractivity contribution is 0.267. The Bertz CT molecular complexity index is 751. The Labute approximate surface area is 116 Å². The molecule has 1 N–H and O–H groups in total. The number of imidazole rings is 1. The average Bonchev–Trinajstić information content (AvgIpc) is 2.93. The van der Waals surface area contributed by atoms with E-state index in [1.54, 1.807) is 0 Å². The van der Waals surface area contributed by atoms with Crippen LogP contribution >= 0.6 is 0 Å². The maximum absolute atomic E-state index is 9.53. The van der Waals surface area contributed by atoms with Crippen molar-refractivity contribution in [3.63, 3.8) is 0 Å². The van der Waals surface area contributed by atoms with Crippen LogP contribution in [0, 0.1) is 20.8 Å². The molecule has 0 saturated heterocycles. The number of fused-ring (bicyclic) bond motifs is 1. The zero-order valence-electron chi connectivity index (χ0n) is 11.8. The van der Waals surface area contributed by atoms with Crippen molar-refractivity contribution < 1.29 is 9.63 Å². The fourth-order valence-electron chi connectivity index (χ4n) is 2.47. The van der Waals surface area contributed by atoms with E-state index in [4.69, 9.17) is 4.52 Å². The molecule has 3 rings (SSSR count). The Balaban J connectivity index is 2.15. The van der Waals surface area contributed by atoms with Gasteiger partial charge in [0.2, 0.25) is 0 Å². The van der Waals surface area contributed by atoms with Crippen LogP contribution in [-0.2, 0) is 13.2 Å². The summed E-state index contributed by atoms with van der Waals surface area (Å²) in [5.74, 6) is 1.46. The molecule has 0 aliphatic rings. The third kappa shape index (κ3) is 2.00. The second kappa shape index (κ2) is 4.76. The highest BCUT2D eigenvalue weighted by atomic mass is 16.5. The standard InChI is InChI=1S/C15H17N3O2/c1-9-4-5-14-13(6-9)16-15(8-19)18(14)7-12-10(2)17-20-11(12)3/h4-6,19H,7-8H2,1-3H3. The van der Waals surface area contributed by atoms with Gasteiger partial charge in [-0.3, -0.25) is 0 Å². The minimum atomic E-state index is -0.0862. The van der Waals surface area contributed by atoms with Gasteiger partial charge in [0.15, 0.2) is 0 Å². The van der Waals surface area contributed by atoms with E-state index in [0.29, 0.717) is 12.4 Å². The lowest BCUT2D eigenvalue weighted by Gasteiger charge is -2.07. The van der Waals surface area contributed by atoms with Crippen LogP contribution in [0.25, 0.3) is 11.0 Å². The van der Waals surface area contributed by atoms with Gasteiger partial charge in [-0.2, -0.15) is 0 Å². The van der Waals surface area contributed by atoms with Gasteiger partial charge in [-0.1, -0.05) is 11.2 Å². The van der Waals surface area contributed by atoms with E-state index in [9.17, 15) is 5.11 Å². The molecule has 0 aliphatic heterocycles. The predicted molar refractivity (Wildman–Crippen MR) is 75.5 cm³/mol. The summed E-state index contributed by atoms with van der Waals surface area (Å²) in [6.07, 6.45) is 0. The van der Waals surface area contributed by atoms with E-state index in [0.717, 1.165) is 33.6 Å². The number of aliphatic hydroxyl groups is 1. The molecule has 20 heavy (non-hydrogen) atoms. The van der Waals surface area contributed by atoms with Crippen LogP contribution < -0.4 is 0 Å². The lowest BCUT2D eigenvalue weighted by Crippen LogP contribution is -2.06. The van der Waals surface area contributed by atoms with Crippen molar-refractivity contribution in [3.05, 3.63) is 46.6 Å². The quantitative estimate of drug-likeness (QED) is 0.795. The number of nitrogens with zero attached hydrogens (tertiary/aromatic N) is 3. The molecule has 0 aliphatic carbocycles. The maximum Gasteiger partial charge on any atom is 0.138 e. The van der Waals surface area contributed by atoms with Crippen LogP contribution in [0.5, 0.6) is 0 Å². The molecular weight excluding hydrogens is 254 g/mol. The Morgan fingerprint density at radius 3 is 2.70 bits per heavy atom. The summed E-state index contributed by atoms with van der Waals surface area (Å²) in [5.41, 5.74) is 4.99. The number of rotatable bonds is 3. The number of hydrogen-bond acceptors (Lipinski definition) is 4. The normalized spacial score (nSPS) is 11.4. The van der Waals surface area contributed by atoms with Crippen molar-refractivity contribution in [2.45, 2.75) is 33.9 Å². The molecule has 3 aromatic rings. The predicted octanol–water partition coefficient (Wildman–Crippen LogP) is 2.49. The van der Waals surface area contributed by atoms with Gasteiger partial charge < -0.3 is 14.2 Å². The van der Waals surface area contributed by atoms with Gasteiger partial charge in [-0.05, 0) is 38.5 Å². The fraction of sp³-hybridized carbons (Fsp3) is 0.333. The van der Waals surface area contributed by atoms with Gasteiger partial charge in [0.25, 0.3) is 0 Å². The van der Waals surface area contributed by atoms with Crippen molar-refractivity contribution in [1.29, 1.82) is 0 Å². The topological polar surface area (TPSA) is 64.1 Å². The highest BCUT2D eigenvalue weighted by molar-refractivity contribution is 5.77. The third-order valence-corrected chi connectivity index (χ3v) is 3.62. The number of benzene rings is 1. The summed E-state index contributed by atoms with van der Waals surface area (Å²) in [4.78, 5) is 4.49. The van der Waals surface area contributed by atoms with Crippen molar-refractivity contribution in [2.75, 3.05) is 0 Å². The van der Waals surface area contributed by atoms with Crippen molar-refractivity contribution in [3.8, 4) is 0 Å². The highest BCUT2D eigenvalue weighted by Gasteiger charge is 2.15. The maximum atomic E-state index is 9.53. The number of hydrogen-bond donors (Lipinski definition) is 1. The molecule has 0 radical (unpaired) electrons. The van der Waals surface area contributed by atoms with E-state index in [-0.39, 0.29) is 6.61 Å². The molecular formula is C15H17N3O2. The minimum absolute atomic E-state index is 0.0862. The van der Waals surface area contributed by atoms with Crippen LogP contribution in [0.4, 0.5) is 0 Å². The van der Waals surface area contributed by atoms with E-state index in [1.807, 2.05) is 37.5 Å². The molecule has 0 bridgehead atoms. The highest BCUT2D eigenvalue weighted by Crippen LogP contribution is 2.22. The molecule has 0 fully saturated rings. The van der Waals surface area contributed by atoms with Gasteiger partial charge in [-0.15, -0.1) is 0 Å². The zero-order chi connectivity index (χ0) is 14.3. The van der Waals surface area contributed by atoms with Gasteiger partial charge >= 0.3 is 0 Å². The molecule has 0 amide bonds. The van der Waals surface area contributed by atoms with Gasteiger partial charge in [0, 0.05) is 5.56 Å². The number of aromatic nitrogens is 3. The van der Waals surface area contributed by atoms with Gasteiger partial charge in [-0.25, -0.2) is 4.98 Å². The molecule has 5 nitrogen and oxygen atoms in total. The second-order valence-electron chi connectivity index (χ2n) is 5.07. The van der Waals surface area contributed by atoms with Crippen molar-refractivity contribution in [2.24, 2.45) is 0 Å². The fourth-order valence-corrected chi connectivity index (χ4v) is 2.47. The van der Waals surface area contributed by atoms with Crippen LogP contribution in [-0.4, -0.2) is 19.8 Å². The number of aryl methyl sites for hydroxylation is 3. The lowest BCUT2D eigenvalue weighted by atomic mass is 10.2. The van der Waals surface area contributed by atoms with Crippen LogP contribution in [0.2, 0.25) is 0 Å². The van der Waals surface area contributed by atoms with E-state index in [2.05, 4.69) is 16.2 Å². The molecule has 5 heteroatoms. The van der Waals surface area contributed by atoms with Crippen molar-refractivity contribution in [1.82, 2.24) is 14.7 Å². The minimum Gasteiger partial charge on any atom is -0.388 e. The Morgan fingerprint density at radius 1 is 1.25 bits per heavy atom. The Morgan fingerprint density at radius 2 is 2.05 bits per heavy atom. The Kier molecular flexibility index (Phi) is 3.06. The van der Waals surface area contributed by atoms with Gasteiger partial charge in [0.1, 0.15) is 18.2 Å². The van der Waals surface area contributed by atoms with Crippen LogP contribution in [0.1, 0.15) is 28.4 Å².